The van der Waals surface area contributed by atoms with Gasteiger partial charge in [0.2, 0.25) is 0 Å². The van der Waals surface area contributed by atoms with Crippen molar-refractivity contribution in [2.24, 2.45) is 5.41 Å². The van der Waals surface area contributed by atoms with Crippen LogP contribution < -0.4 is 0 Å². The quantitative estimate of drug-likeness (QED) is 0.743. The van der Waals surface area contributed by atoms with Crippen molar-refractivity contribution in [3.05, 3.63) is 0 Å². The summed E-state index contributed by atoms with van der Waals surface area (Å²) in [5.41, 5.74) is 0.374. The first-order chi connectivity index (χ1) is 7.32. The lowest BCUT2D eigenvalue weighted by Gasteiger charge is -2.52. The van der Waals surface area contributed by atoms with Gasteiger partial charge >= 0.3 is 0 Å². The molecule has 0 aromatic heterocycles. The second kappa shape index (κ2) is 3.98. The molecule has 0 radical (unpaired) electrons. The van der Waals surface area contributed by atoms with Gasteiger partial charge < -0.3 is 4.90 Å². The summed E-state index contributed by atoms with van der Waals surface area (Å²) in [5, 5.41) is -0.0434. The Balaban J connectivity index is 1.88. The van der Waals surface area contributed by atoms with Gasteiger partial charge in [-0.1, -0.05) is 0 Å². The minimum absolute atomic E-state index is 0.0434. The zero-order chi connectivity index (χ0) is 12.0. The van der Waals surface area contributed by atoms with Gasteiger partial charge in [0.05, 0.1) is 5.25 Å². The van der Waals surface area contributed by atoms with E-state index in [-0.39, 0.29) is 5.25 Å². The molecule has 0 amide bonds. The maximum atomic E-state index is 11.4. The van der Waals surface area contributed by atoms with Gasteiger partial charge in [-0.2, -0.15) is 0 Å². The fourth-order valence-corrected chi connectivity index (χ4v) is 4.44. The number of rotatable bonds is 2. The number of likely N-dealkylation sites (tertiary alicyclic amines) is 1. The van der Waals surface area contributed by atoms with Crippen LogP contribution in [0.25, 0.3) is 0 Å². The average Bonchev–Trinajstić information content (AvgIpc) is 2.12. The van der Waals surface area contributed by atoms with Gasteiger partial charge in [-0.25, -0.2) is 8.42 Å². The molecule has 1 spiro atoms. The van der Waals surface area contributed by atoms with Gasteiger partial charge in [0, 0.05) is 12.3 Å². The average molecular weight is 245 g/mol. The molecule has 1 saturated carbocycles. The van der Waals surface area contributed by atoms with Crippen molar-refractivity contribution in [2.45, 2.75) is 50.8 Å². The third-order valence-electron chi connectivity index (χ3n) is 4.52. The maximum Gasteiger partial charge on any atom is 0.150 e. The van der Waals surface area contributed by atoms with Gasteiger partial charge in [0.25, 0.3) is 0 Å². The molecule has 0 N–H and O–H groups in total. The van der Waals surface area contributed by atoms with Crippen LogP contribution in [0, 0.1) is 5.41 Å². The molecule has 0 aromatic carbocycles. The first-order valence-corrected chi connectivity index (χ1v) is 8.21. The normalized spacial score (nSPS) is 27.2. The second-order valence-electron chi connectivity index (χ2n) is 5.99. The van der Waals surface area contributed by atoms with E-state index in [0.717, 1.165) is 25.9 Å². The van der Waals surface area contributed by atoms with Gasteiger partial charge in [-0.05, 0) is 58.0 Å². The van der Waals surface area contributed by atoms with Crippen molar-refractivity contribution in [1.82, 2.24) is 4.90 Å². The Morgan fingerprint density at radius 1 is 1.19 bits per heavy atom. The fraction of sp³-hybridized carbons (Fsp3) is 1.00. The Bertz CT molecular complexity index is 345. The summed E-state index contributed by atoms with van der Waals surface area (Å²) in [6.45, 7) is 6.76. The van der Waals surface area contributed by atoms with Crippen LogP contribution in [0.3, 0.4) is 0 Å². The molecular formula is C12H23NO2S. The van der Waals surface area contributed by atoms with E-state index < -0.39 is 9.84 Å². The van der Waals surface area contributed by atoms with E-state index in [1.807, 2.05) is 0 Å². The lowest BCUT2D eigenvalue weighted by molar-refractivity contribution is 0.0248. The zero-order valence-electron chi connectivity index (χ0n) is 10.6. The molecule has 3 nitrogen and oxygen atoms in total. The van der Waals surface area contributed by atoms with Gasteiger partial charge in [-0.3, -0.25) is 0 Å². The number of nitrogens with zero attached hydrogens (tertiary/aromatic N) is 1. The molecule has 2 rings (SSSR count). The predicted octanol–water partition coefficient (Wildman–Crippen LogP) is 1.68. The minimum atomic E-state index is -2.78. The smallest absolute Gasteiger partial charge is 0.150 e. The van der Waals surface area contributed by atoms with E-state index in [0.29, 0.717) is 11.5 Å². The summed E-state index contributed by atoms with van der Waals surface area (Å²) in [7, 11) is -2.78. The molecule has 0 unspecified atom stereocenters. The molecule has 0 atom stereocenters. The molecule has 2 fully saturated rings. The summed E-state index contributed by atoms with van der Waals surface area (Å²) in [4.78, 5) is 2.50. The van der Waals surface area contributed by atoms with Crippen molar-refractivity contribution in [2.75, 3.05) is 19.3 Å². The van der Waals surface area contributed by atoms with E-state index in [2.05, 4.69) is 18.7 Å². The predicted molar refractivity (Wildman–Crippen MR) is 66.2 cm³/mol. The van der Waals surface area contributed by atoms with Crippen LogP contribution in [0.4, 0.5) is 0 Å². The third kappa shape index (κ3) is 2.28. The Labute approximate surface area is 99.1 Å². The maximum absolute atomic E-state index is 11.4. The van der Waals surface area contributed by atoms with Crippen molar-refractivity contribution < 1.29 is 8.42 Å². The monoisotopic (exact) mass is 245 g/mol. The number of hydrogen-bond donors (Lipinski definition) is 0. The first kappa shape index (κ1) is 12.4. The first-order valence-electron chi connectivity index (χ1n) is 6.25. The summed E-state index contributed by atoms with van der Waals surface area (Å²) >= 11 is 0. The van der Waals surface area contributed by atoms with Crippen LogP contribution in [-0.2, 0) is 9.84 Å². The molecule has 4 heteroatoms. The van der Waals surface area contributed by atoms with Crippen LogP contribution >= 0.6 is 0 Å². The van der Waals surface area contributed by atoms with E-state index >= 15 is 0 Å². The van der Waals surface area contributed by atoms with E-state index in [1.54, 1.807) is 0 Å². The van der Waals surface area contributed by atoms with Crippen molar-refractivity contribution >= 4 is 9.84 Å². The van der Waals surface area contributed by atoms with Crippen molar-refractivity contribution in [3.63, 3.8) is 0 Å². The second-order valence-corrected chi connectivity index (χ2v) is 8.32. The van der Waals surface area contributed by atoms with Gasteiger partial charge in [0.15, 0.2) is 0 Å². The Morgan fingerprint density at radius 2 is 1.69 bits per heavy atom. The van der Waals surface area contributed by atoms with Crippen molar-refractivity contribution in [3.8, 4) is 0 Å². The number of piperidine rings is 1. The molecule has 0 aromatic rings. The van der Waals surface area contributed by atoms with E-state index in [1.165, 1.54) is 19.1 Å². The van der Waals surface area contributed by atoms with E-state index in [9.17, 15) is 8.42 Å². The molecule has 2 aliphatic rings. The molecule has 94 valence electrons. The molecule has 1 saturated heterocycles. The summed E-state index contributed by atoms with van der Waals surface area (Å²) in [5.74, 6) is 0. The fourth-order valence-electron chi connectivity index (χ4n) is 3.13. The minimum Gasteiger partial charge on any atom is -0.301 e. The number of hydrogen-bond acceptors (Lipinski definition) is 3. The van der Waals surface area contributed by atoms with Crippen LogP contribution in [0.2, 0.25) is 0 Å². The SMILES string of the molecule is CC(C)N1CCC2(CC1)CC(S(C)(=O)=O)C2. The molecule has 1 heterocycles. The molecule has 0 bridgehead atoms. The summed E-state index contributed by atoms with van der Waals surface area (Å²) in [6, 6.07) is 0.628. The highest BCUT2D eigenvalue weighted by molar-refractivity contribution is 7.91. The number of sulfone groups is 1. The Morgan fingerprint density at radius 3 is 2.06 bits per heavy atom. The zero-order valence-corrected chi connectivity index (χ0v) is 11.4. The van der Waals surface area contributed by atoms with Crippen molar-refractivity contribution in [1.29, 1.82) is 0 Å². The lowest BCUT2D eigenvalue weighted by atomic mass is 9.63. The van der Waals surface area contributed by atoms with Gasteiger partial charge in [0.1, 0.15) is 9.84 Å². The van der Waals surface area contributed by atoms with E-state index in [4.69, 9.17) is 0 Å². The molecule has 1 aliphatic heterocycles. The highest BCUT2D eigenvalue weighted by atomic mass is 32.2. The van der Waals surface area contributed by atoms with Crippen LogP contribution in [0.15, 0.2) is 0 Å². The lowest BCUT2D eigenvalue weighted by Crippen LogP contribution is -2.52. The Kier molecular flexibility index (Phi) is 3.08. The molecular weight excluding hydrogens is 222 g/mol. The third-order valence-corrected chi connectivity index (χ3v) is 6.06. The largest absolute Gasteiger partial charge is 0.301 e. The standard InChI is InChI=1S/C12H23NO2S/c1-10(2)13-6-4-12(5-7-13)8-11(9-12)16(3,14)15/h10-11H,4-9H2,1-3H3. The molecule has 1 aliphatic carbocycles. The van der Waals surface area contributed by atoms with Crippen LogP contribution in [-0.4, -0.2) is 44.0 Å². The summed E-state index contributed by atoms with van der Waals surface area (Å²) < 4.78 is 22.8. The van der Waals surface area contributed by atoms with Crippen LogP contribution in [0.1, 0.15) is 39.5 Å². The Hall–Kier alpha value is -0.0900. The summed E-state index contributed by atoms with van der Waals surface area (Å²) in [6.07, 6.45) is 5.59. The highest BCUT2D eigenvalue weighted by Gasteiger charge is 2.49. The van der Waals surface area contributed by atoms with Gasteiger partial charge in [-0.15, -0.1) is 0 Å². The topological polar surface area (TPSA) is 37.4 Å². The van der Waals surface area contributed by atoms with Crippen LogP contribution in [0.5, 0.6) is 0 Å². The molecule has 16 heavy (non-hydrogen) atoms. The highest BCUT2D eigenvalue weighted by Crippen LogP contribution is 2.51.